The Bertz CT molecular complexity index is 1630. The van der Waals surface area contributed by atoms with E-state index >= 15 is 0 Å². The van der Waals surface area contributed by atoms with E-state index in [0.29, 0.717) is 11.3 Å². The molecule has 3 amide bonds. The van der Waals surface area contributed by atoms with E-state index in [-0.39, 0.29) is 51.5 Å². The molecule has 14 nitrogen and oxygen atoms in total. The summed E-state index contributed by atoms with van der Waals surface area (Å²) in [5, 5.41) is 20.7. The van der Waals surface area contributed by atoms with E-state index in [1.54, 1.807) is 26.0 Å². The normalized spacial score (nSPS) is 14.6. The van der Waals surface area contributed by atoms with E-state index in [0.717, 1.165) is 0 Å². The zero-order valence-electron chi connectivity index (χ0n) is 23.1. The van der Waals surface area contributed by atoms with Gasteiger partial charge in [0.25, 0.3) is 11.6 Å². The van der Waals surface area contributed by atoms with Gasteiger partial charge in [-0.2, -0.15) is 5.10 Å². The van der Waals surface area contributed by atoms with Crippen molar-refractivity contribution < 1.29 is 37.9 Å². The summed E-state index contributed by atoms with van der Waals surface area (Å²) in [6, 6.07) is 10.7. The first-order valence-corrected chi connectivity index (χ1v) is 13.1. The summed E-state index contributed by atoms with van der Waals surface area (Å²) in [5.74, 6) is -0.248. The number of nitro benzene ring substituents is 1. The molecule has 1 aliphatic rings. The van der Waals surface area contributed by atoms with Crippen LogP contribution < -0.4 is 25.5 Å². The van der Waals surface area contributed by atoms with E-state index < -0.39 is 35.5 Å². The SMILES string of the molecule is CCOC(=O)C1=C(C)NC(=O)N[C@@H]1c1ccc(OCC(=O)N/N=C\c2ccc(-c3ccc(Cl)cc3[N+](=O)[O-])o2)c(OC)c1. The number of methoxy groups -OCH3 is 1. The average Bonchev–Trinajstić information content (AvgIpc) is 3.44. The fraction of sp³-hybridized carbons (Fsp3) is 0.214. The predicted octanol–water partition coefficient (Wildman–Crippen LogP) is 4.24. The van der Waals surface area contributed by atoms with Crippen molar-refractivity contribution in [2.24, 2.45) is 5.10 Å². The van der Waals surface area contributed by atoms with E-state index in [9.17, 15) is 24.5 Å². The van der Waals surface area contributed by atoms with Crippen LogP contribution in [0.4, 0.5) is 10.5 Å². The first kappa shape index (κ1) is 30.6. The summed E-state index contributed by atoms with van der Waals surface area (Å²) in [5.41, 5.74) is 3.44. The van der Waals surface area contributed by atoms with Crippen molar-refractivity contribution in [3.63, 3.8) is 0 Å². The van der Waals surface area contributed by atoms with Crippen molar-refractivity contribution in [2.45, 2.75) is 19.9 Å². The second-order valence-corrected chi connectivity index (χ2v) is 9.34. The second-order valence-electron chi connectivity index (χ2n) is 8.90. The van der Waals surface area contributed by atoms with Crippen LogP contribution in [0.2, 0.25) is 5.02 Å². The van der Waals surface area contributed by atoms with Crippen LogP contribution in [0, 0.1) is 10.1 Å². The van der Waals surface area contributed by atoms with Crippen LogP contribution in [-0.4, -0.2) is 49.4 Å². The lowest BCUT2D eigenvalue weighted by Crippen LogP contribution is -2.45. The molecule has 0 aliphatic carbocycles. The summed E-state index contributed by atoms with van der Waals surface area (Å²) in [7, 11) is 1.40. The van der Waals surface area contributed by atoms with Gasteiger partial charge < -0.3 is 29.3 Å². The molecule has 15 heteroatoms. The molecule has 2 heterocycles. The Morgan fingerprint density at radius 2 is 1.98 bits per heavy atom. The molecule has 0 saturated carbocycles. The Labute approximate surface area is 249 Å². The van der Waals surface area contributed by atoms with Gasteiger partial charge in [-0.05, 0) is 55.8 Å². The number of carbonyl (C=O) groups excluding carboxylic acids is 3. The van der Waals surface area contributed by atoms with Crippen LogP contribution in [-0.2, 0) is 14.3 Å². The number of hydrogen-bond donors (Lipinski definition) is 3. The van der Waals surface area contributed by atoms with Crippen LogP contribution in [0.1, 0.15) is 31.2 Å². The number of urea groups is 1. The number of esters is 1. The molecular weight excluding hydrogens is 586 g/mol. The molecule has 0 spiro atoms. The first-order valence-electron chi connectivity index (χ1n) is 12.7. The predicted molar refractivity (Wildman–Crippen MR) is 154 cm³/mol. The molecule has 0 bridgehead atoms. The molecule has 0 fully saturated rings. The van der Waals surface area contributed by atoms with Gasteiger partial charge in [0.1, 0.15) is 11.5 Å². The van der Waals surface area contributed by atoms with Crippen LogP contribution in [0.25, 0.3) is 11.3 Å². The van der Waals surface area contributed by atoms with Crippen molar-refractivity contribution in [2.75, 3.05) is 20.3 Å². The van der Waals surface area contributed by atoms with Gasteiger partial charge >= 0.3 is 12.0 Å². The van der Waals surface area contributed by atoms with Crippen LogP contribution in [0.3, 0.4) is 0 Å². The molecule has 0 saturated heterocycles. The van der Waals surface area contributed by atoms with Crippen LogP contribution >= 0.6 is 11.6 Å². The fourth-order valence-corrected chi connectivity index (χ4v) is 4.35. The average molecular weight is 612 g/mol. The van der Waals surface area contributed by atoms with Crippen molar-refractivity contribution in [1.82, 2.24) is 16.1 Å². The maximum Gasteiger partial charge on any atom is 0.338 e. The van der Waals surface area contributed by atoms with Gasteiger partial charge in [-0.15, -0.1) is 0 Å². The Kier molecular flexibility index (Phi) is 9.62. The molecule has 1 aromatic heterocycles. The first-order chi connectivity index (χ1) is 20.6. The maximum absolute atomic E-state index is 12.6. The summed E-state index contributed by atoms with van der Waals surface area (Å²) in [6.45, 7) is 3.02. The van der Waals surface area contributed by atoms with Gasteiger partial charge in [0.05, 0.1) is 42.0 Å². The molecule has 3 aromatic rings. The smallest absolute Gasteiger partial charge is 0.338 e. The number of nitro groups is 1. The molecule has 1 aliphatic heterocycles. The number of hydrazone groups is 1. The number of ether oxygens (including phenoxy) is 3. The third-order valence-electron chi connectivity index (χ3n) is 6.07. The summed E-state index contributed by atoms with van der Waals surface area (Å²) >= 11 is 5.86. The van der Waals surface area contributed by atoms with Gasteiger partial charge in [-0.3, -0.25) is 14.9 Å². The Morgan fingerprint density at radius 3 is 2.70 bits per heavy atom. The van der Waals surface area contributed by atoms with Crippen molar-refractivity contribution in [3.8, 4) is 22.8 Å². The molecule has 0 radical (unpaired) electrons. The minimum atomic E-state index is -0.804. The highest BCUT2D eigenvalue weighted by molar-refractivity contribution is 6.30. The number of amides is 3. The van der Waals surface area contributed by atoms with E-state index in [1.807, 2.05) is 0 Å². The lowest BCUT2D eigenvalue weighted by molar-refractivity contribution is -0.384. The van der Waals surface area contributed by atoms with Crippen molar-refractivity contribution in [3.05, 3.63) is 86.3 Å². The highest BCUT2D eigenvalue weighted by Crippen LogP contribution is 2.35. The lowest BCUT2D eigenvalue weighted by Gasteiger charge is -2.28. The number of allylic oxidation sites excluding steroid dienone is 1. The number of nitrogens with zero attached hydrogens (tertiary/aromatic N) is 2. The van der Waals surface area contributed by atoms with Crippen LogP contribution in [0.15, 0.2) is 69.3 Å². The molecule has 43 heavy (non-hydrogen) atoms. The minimum Gasteiger partial charge on any atom is -0.493 e. The Hall–Kier alpha value is -5.37. The summed E-state index contributed by atoms with van der Waals surface area (Å²) in [4.78, 5) is 47.8. The number of hydrogen-bond acceptors (Lipinski definition) is 10. The Morgan fingerprint density at radius 1 is 1.19 bits per heavy atom. The summed E-state index contributed by atoms with van der Waals surface area (Å²) < 4.78 is 21.7. The summed E-state index contributed by atoms with van der Waals surface area (Å²) in [6.07, 6.45) is 1.22. The van der Waals surface area contributed by atoms with Crippen LogP contribution in [0.5, 0.6) is 11.5 Å². The Balaban J connectivity index is 1.39. The zero-order valence-corrected chi connectivity index (χ0v) is 23.9. The van der Waals surface area contributed by atoms with Crippen molar-refractivity contribution >= 4 is 41.4 Å². The number of carbonyl (C=O) groups is 3. The highest BCUT2D eigenvalue weighted by Gasteiger charge is 2.32. The fourth-order valence-electron chi connectivity index (χ4n) is 4.18. The molecule has 224 valence electrons. The number of benzene rings is 2. The number of nitrogens with one attached hydrogen (secondary N) is 3. The monoisotopic (exact) mass is 611 g/mol. The lowest BCUT2D eigenvalue weighted by atomic mass is 9.95. The number of furan rings is 1. The number of rotatable bonds is 11. The third-order valence-corrected chi connectivity index (χ3v) is 6.31. The molecule has 1 atom stereocenters. The van der Waals surface area contributed by atoms with E-state index in [1.165, 1.54) is 49.7 Å². The van der Waals surface area contributed by atoms with Gasteiger partial charge in [-0.1, -0.05) is 17.7 Å². The minimum absolute atomic E-state index is 0.162. The van der Waals surface area contributed by atoms with Gasteiger partial charge in [-0.25, -0.2) is 15.0 Å². The number of halogens is 1. The molecule has 0 unspecified atom stereocenters. The molecule has 4 rings (SSSR count). The third kappa shape index (κ3) is 7.29. The van der Waals surface area contributed by atoms with Gasteiger partial charge in [0.2, 0.25) is 0 Å². The zero-order chi connectivity index (χ0) is 31.1. The highest BCUT2D eigenvalue weighted by atomic mass is 35.5. The second kappa shape index (κ2) is 13.5. The topological polar surface area (TPSA) is 184 Å². The van der Waals surface area contributed by atoms with Gasteiger partial charge in [0, 0.05) is 16.8 Å². The molecule has 3 N–H and O–H groups in total. The molecule has 2 aromatic carbocycles. The van der Waals surface area contributed by atoms with Gasteiger partial charge in [0.15, 0.2) is 18.1 Å². The van der Waals surface area contributed by atoms with E-state index in [4.69, 9.17) is 30.2 Å². The maximum atomic E-state index is 12.6. The largest absolute Gasteiger partial charge is 0.493 e. The molecular formula is C28H26ClN5O9. The quantitative estimate of drug-likeness (QED) is 0.123. The van der Waals surface area contributed by atoms with Crippen molar-refractivity contribution in [1.29, 1.82) is 0 Å². The van der Waals surface area contributed by atoms with E-state index in [2.05, 4.69) is 21.2 Å². The standard InChI is InChI=1S/C28H26ClN5O9/c1-4-41-27(36)25-15(2)31-28(37)32-26(25)16-5-9-22(23(11-16)40-3)42-14-24(35)33-30-13-18-7-10-21(43-18)19-8-6-17(29)12-20(19)34(38)39/h5-13,26H,4,14H2,1-3H3,(H,33,35)(H2,31,32,37)/b30-13-/t26-/m1/s1.